The Hall–Kier alpha value is -1.61. The van der Waals surface area contributed by atoms with Crippen LogP contribution in [0.4, 0.5) is 5.69 Å². The van der Waals surface area contributed by atoms with Gasteiger partial charge in [-0.25, -0.2) is 0 Å². The number of thioether (sulfide) groups is 1. The number of aliphatic imine (C=N–C) groups is 1. The lowest BCUT2D eigenvalue weighted by molar-refractivity contribution is -0.116. The molecule has 0 radical (unpaired) electrons. The molecule has 1 aromatic rings. The van der Waals surface area contributed by atoms with Gasteiger partial charge in [-0.2, -0.15) is 0 Å². The summed E-state index contributed by atoms with van der Waals surface area (Å²) in [6.07, 6.45) is 7.74. The highest BCUT2D eigenvalue weighted by atomic mass is 32.2. The first-order chi connectivity index (χ1) is 11.7. The van der Waals surface area contributed by atoms with E-state index in [0.717, 1.165) is 30.7 Å². The Balaban J connectivity index is 1.84. The zero-order chi connectivity index (χ0) is 18.1. The normalized spacial score (nSPS) is 24.0. The van der Waals surface area contributed by atoms with Crippen molar-refractivity contribution in [3.05, 3.63) is 52.3 Å². The van der Waals surface area contributed by atoms with Crippen LogP contribution in [0.3, 0.4) is 0 Å². The first-order valence-corrected chi connectivity index (χ1v) is 9.77. The van der Waals surface area contributed by atoms with E-state index in [1.54, 1.807) is 11.8 Å². The number of carbonyl (C=O) groups excluding carboxylic acids is 1. The topological polar surface area (TPSA) is 29.4 Å². The average molecular weight is 354 g/mol. The van der Waals surface area contributed by atoms with Gasteiger partial charge in [-0.1, -0.05) is 57.7 Å². The first-order valence-electron chi connectivity index (χ1n) is 8.95. The molecule has 25 heavy (non-hydrogen) atoms. The van der Waals surface area contributed by atoms with Gasteiger partial charge in [0.2, 0.25) is 0 Å². The molecule has 0 heterocycles. The van der Waals surface area contributed by atoms with Crippen molar-refractivity contribution in [3.63, 3.8) is 0 Å². The summed E-state index contributed by atoms with van der Waals surface area (Å²) < 4.78 is 0. The molecule has 0 spiro atoms. The van der Waals surface area contributed by atoms with Gasteiger partial charge in [-0.15, -0.1) is 0 Å². The van der Waals surface area contributed by atoms with E-state index in [2.05, 4.69) is 33.8 Å². The first kappa shape index (κ1) is 18.2. The SMILES string of the molecule is CC1(C)CC(=O)C=C(SC2=CC(=Nc3ccccc3)CC(C)(C)C2)C1. The summed E-state index contributed by atoms with van der Waals surface area (Å²) in [5, 5.41) is 0. The minimum absolute atomic E-state index is 0.0693. The molecule has 132 valence electrons. The minimum atomic E-state index is 0.0693. The standard InChI is InChI=1S/C22H27NOS/c1-21(2)12-17(23-16-8-6-5-7-9-16)10-19(14-21)25-20-11-18(24)13-22(3,4)15-20/h5-11H,12-15H2,1-4H3. The van der Waals surface area contributed by atoms with Crippen molar-refractivity contribution in [2.45, 2.75) is 53.4 Å². The van der Waals surface area contributed by atoms with Crippen LogP contribution < -0.4 is 0 Å². The van der Waals surface area contributed by atoms with Crippen LogP contribution in [0.2, 0.25) is 0 Å². The van der Waals surface area contributed by atoms with E-state index in [4.69, 9.17) is 4.99 Å². The van der Waals surface area contributed by atoms with Gasteiger partial charge in [0.15, 0.2) is 5.78 Å². The average Bonchev–Trinajstić information content (AvgIpc) is 2.44. The number of carbonyl (C=O) groups is 1. The molecule has 0 atom stereocenters. The van der Waals surface area contributed by atoms with Crippen LogP contribution in [0.1, 0.15) is 53.4 Å². The molecule has 3 heteroatoms. The van der Waals surface area contributed by atoms with Crippen LogP contribution in [0.15, 0.2) is 57.3 Å². The Kier molecular flexibility index (Phi) is 5.06. The number of ketones is 1. The van der Waals surface area contributed by atoms with Crippen molar-refractivity contribution < 1.29 is 4.79 Å². The van der Waals surface area contributed by atoms with Crippen molar-refractivity contribution in [1.82, 2.24) is 0 Å². The maximum atomic E-state index is 12.0. The Morgan fingerprint density at radius 1 is 0.840 bits per heavy atom. The highest BCUT2D eigenvalue weighted by Crippen LogP contribution is 2.46. The Bertz CT molecular complexity index is 753. The highest BCUT2D eigenvalue weighted by molar-refractivity contribution is 8.06. The molecule has 0 fully saturated rings. The number of para-hydroxylation sites is 1. The lowest BCUT2D eigenvalue weighted by Gasteiger charge is -2.33. The van der Waals surface area contributed by atoms with Gasteiger partial charge < -0.3 is 0 Å². The van der Waals surface area contributed by atoms with Crippen LogP contribution in [-0.4, -0.2) is 11.5 Å². The smallest absolute Gasteiger partial charge is 0.157 e. The molecule has 3 rings (SSSR count). The van der Waals surface area contributed by atoms with Crippen molar-refractivity contribution in [2.75, 3.05) is 0 Å². The van der Waals surface area contributed by atoms with Gasteiger partial charge in [0.25, 0.3) is 0 Å². The molecule has 0 saturated heterocycles. The zero-order valence-electron chi connectivity index (χ0n) is 15.6. The number of hydrogen-bond acceptors (Lipinski definition) is 3. The molecule has 1 aromatic carbocycles. The summed E-state index contributed by atoms with van der Waals surface area (Å²) in [4.78, 5) is 19.4. The molecule has 2 aliphatic carbocycles. The fourth-order valence-electron chi connectivity index (χ4n) is 3.64. The second-order valence-corrected chi connectivity index (χ2v) is 10.0. The summed E-state index contributed by atoms with van der Waals surface area (Å²) in [5.74, 6) is 0.257. The third-order valence-corrected chi connectivity index (χ3v) is 5.61. The molecule has 0 bridgehead atoms. The molecule has 0 saturated carbocycles. The largest absolute Gasteiger partial charge is 0.295 e. The number of hydrogen-bond donors (Lipinski definition) is 0. The van der Waals surface area contributed by atoms with Crippen LogP contribution in [0.25, 0.3) is 0 Å². The molecule has 0 unspecified atom stereocenters. The van der Waals surface area contributed by atoms with Crippen LogP contribution in [0, 0.1) is 10.8 Å². The van der Waals surface area contributed by atoms with Crippen LogP contribution in [0.5, 0.6) is 0 Å². The van der Waals surface area contributed by atoms with E-state index in [1.807, 2.05) is 36.4 Å². The molecular weight excluding hydrogens is 326 g/mol. The quantitative estimate of drug-likeness (QED) is 0.623. The maximum Gasteiger partial charge on any atom is 0.157 e. The third-order valence-electron chi connectivity index (χ3n) is 4.56. The minimum Gasteiger partial charge on any atom is -0.295 e. The van der Waals surface area contributed by atoms with Crippen molar-refractivity contribution in [2.24, 2.45) is 15.8 Å². The van der Waals surface area contributed by atoms with Gasteiger partial charge in [-0.05, 0) is 64.2 Å². The number of allylic oxidation sites excluding steroid dienone is 4. The molecular formula is C22H27NOS. The number of nitrogens with zero attached hydrogens (tertiary/aromatic N) is 1. The summed E-state index contributed by atoms with van der Waals surface area (Å²) in [6.45, 7) is 8.96. The van der Waals surface area contributed by atoms with E-state index in [0.29, 0.717) is 6.42 Å². The van der Waals surface area contributed by atoms with Gasteiger partial charge in [0.05, 0.1) is 5.69 Å². The Labute approximate surface area is 155 Å². The molecule has 2 aliphatic rings. The molecule has 0 N–H and O–H groups in total. The van der Waals surface area contributed by atoms with Crippen molar-refractivity contribution in [3.8, 4) is 0 Å². The number of benzene rings is 1. The molecule has 0 amide bonds. The zero-order valence-corrected chi connectivity index (χ0v) is 16.5. The van der Waals surface area contributed by atoms with Crippen LogP contribution in [-0.2, 0) is 4.79 Å². The van der Waals surface area contributed by atoms with E-state index >= 15 is 0 Å². The van der Waals surface area contributed by atoms with Crippen molar-refractivity contribution in [1.29, 1.82) is 0 Å². The van der Waals surface area contributed by atoms with E-state index in [9.17, 15) is 4.79 Å². The predicted molar refractivity (Wildman–Crippen MR) is 108 cm³/mol. The summed E-state index contributed by atoms with van der Waals surface area (Å²) in [7, 11) is 0. The van der Waals surface area contributed by atoms with E-state index in [-0.39, 0.29) is 16.6 Å². The second-order valence-electron chi connectivity index (χ2n) is 8.76. The molecule has 2 nitrogen and oxygen atoms in total. The van der Waals surface area contributed by atoms with Gasteiger partial charge in [-0.3, -0.25) is 9.79 Å². The third kappa shape index (κ3) is 5.18. The lowest BCUT2D eigenvalue weighted by atomic mass is 9.80. The van der Waals surface area contributed by atoms with E-state index < -0.39 is 0 Å². The van der Waals surface area contributed by atoms with Crippen molar-refractivity contribution >= 4 is 28.9 Å². The molecule has 0 aromatic heterocycles. The summed E-state index contributed by atoms with van der Waals surface area (Å²) >= 11 is 1.78. The van der Waals surface area contributed by atoms with Crippen LogP contribution >= 0.6 is 11.8 Å². The second kappa shape index (κ2) is 6.95. The Morgan fingerprint density at radius 3 is 2.08 bits per heavy atom. The van der Waals surface area contributed by atoms with Gasteiger partial charge >= 0.3 is 0 Å². The predicted octanol–water partition coefficient (Wildman–Crippen LogP) is 6.47. The van der Waals surface area contributed by atoms with E-state index in [1.165, 1.54) is 9.81 Å². The summed E-state index contributed by atoms with van der Waals surface area (Å²) in [5.41, 5.74) is 2.40. The Morgan fingerprint density at radius 2 is 1.44 bits per heavy atom. The van der Waals surface area contributed by atoms with Gasteiger partial charge in [0, 0.05) is 12.1 Å². The highest BCUT2D eigenvalue weighted by Gasteiger charge is 2.31. The fraction of sp³-hybridized carbons (Fsp3) is 0.455. The summed E-state index contributed by atoms with van der Waals surface area (Å²) in [6, 6.07) is 10.1. The lowest BCUT2D eigenvalue weighted by Crippen LogP contribution is -2.23. The molecule has 0 aliphatic heterocycles. The number of rotatable bonds is 3. The van der Waals surface area contributed by atoms with Gasteiger partial charge in [0.1, 0.15) is 0 Å². The monoisotopic (exact) mass is 353 g/mol. The fourth-order valence-corrected chi connectivity index (χ4v) is 5.29. The maximum absolute atomic E-state index is 12.0.